The van der Waals surface area contributed by atoms with Crippen molar-refractivity contribution in [3.63, 3.8) is 0 Å². The fraction of sp³-hybridized carbons (Fsp3) is 0. The number of hydrogen-bond acceptors (Lipinski definition) is 0. The van der Waals surface area contributed by atoms with Crippen LogP contribution in [0.25, 0.3) is 0 Å². The van der Waals surface area contributed by atoms with Crippen LogP contribution in [0.15, 0.2) is 0 Å². The minimum atomic E-state index is 0. The normalized spacial score (nSPS) is 0. The van der Waals surface area contributed by atoms with E-state index in [-0.39, 0.29) is 137 Å². The van der Waals surface area contributed by atoms with Crippen LogP contribution >= 0.6 is 99.3 Å². The van der Waals surface area contributed by atoms with Gasteiger partial charge in [0.15, 0.2) is 0 Å². The number of hydrogen-bond donors (Lipinski definition) is 0. The summed E-state index contributed by atoms with van der Waals surface area (Å²) in [7, 11) is 0. The van der Waals surface area contributed by atoms with Gasteiger partial charge >= 0.3 is 37.7 Å². The Labute approximate surface area is 135 Å². The zero-order valence-electron chi connectivity index (χ0n) is 3.27. The molecule has 0 saturated heterocycles. The molecule has 0 radical (unpaired) electrons. The third-order valence-corrected chi connectivity index (χ3v) is 0. The third-order valence-electron chi connectivity index (χ3n) is 0. The van der Waals surface area contributed by atoms with Crippen LogP contribution in [0.3, 0.4) is 0 Å². The van der Waals surface area contributed by atoms with Crippen molar-refractivity contribution in [2.45, 2.75) is 0 Å². The molecule has 0 N–H and O–H groups in total. The van der Waals surface area contributed by atoms with Crippen LogP contribution < -0.4 is 0 Å². The van der Waals surface area contributed by atoms with E-state index in [0.717, 1.165) is 0 Å². The van der Waals surface area contributed by atoms with Gasteiger partial charge < -0.3 is 0 Å². The summed E-state index contributed by atoms with van der Waals surface area (Å²) >= 11 is 0. The van der Waals surface area contributed by atoms with Crippen molar-refractivity contribution in [1.82, 2.24) is 0 Å². The fourth-order valence-electron chi connectivity index (χ4n) is 0. The summed E-state index contributed by atoms with van der Waals surface area (Å²) < 4.78 is 0. The second kappa shape index (κ2) is 101. The summed E-state index contributed by atoms with van der Waals surface area (Å²) in [5.74, 6) is 0. The molecule has 0 aliphatic carbocycles. The van der Waals surface area contributed by atoms with Crippen LogP contribution in [-0.4, -0.2) is 37.7 Å². The molecule has 0 nitrogen and oxygen atoms in total. The molecule has 9 heavy (non-hydrogen) atoms. The molecule has 0 fully saturated rings. The average Bonchev–Trinajstić information content (AvgIpc) is 0. The Balaban J connectivity index is 0. The van der Waals surface area contributed by atoms with Gasteiger partial charge in [0.25, 0.3) is 0 Å². The van der Waals surface area contributed by atoms with Gasteiger partial charge in [-0.1, -0.05) is 0 Å². The van der Waals surface area contributed by atoms with Gasteiger partial charge in [-0.25, -0.2) is 0 Å². The molecular formula is H10CaCl8. The number of halogens is 8. The molecule has 0 aromatic carbocycles. The zero-order chi connectivity index (χ0) is 0. The zero-order valence-corrected chi connectivity index (χ0v) is 9.80. The monoisotopic (exact) mass is 330 g/mol. The minimum absolute atomic E-state index is 0. The molecule has 0 aromatic heterocycles. The van der Waals surface area contributed by atoms with Gasteiger partial charge in [0.1, 0.15) is 0 Å². The summed E-state index contributed by atoms with van der Waals surface area (Å²) in [4.78, 5) is 0. The molecule has 0 heterocycles. The Bertz CT molecular complexity index is 4.53. The van der Waals surface area contributed by atoms with Gasteiger partial charge in [0.05, 0.1) is 0 Å². The van der Waals surface area contributed by atoms with E-state index in [4.69, 9.17) is 0 Å². The Morgan fingerprint density at radius 1 is 0.222 bits per heavy atom. The summed E-state index contributed by atoms with van der Waals surface area (Å²) in [5.41, 5.74) is 0. The van der Waals surface area contributed by atoms with Crippen molar-refractivity contribution < 1.29 is 0 Å². The third kappa shape index (κ3) is 82.9. The quantitative estimate of drug-likeness (QED) is 0.597. The maximum absolute atomic E-state index is 0. The molecule has 0 atom stereocenters. The van der Waals surface area contributed by atoms with Crippen LogP contribution in [0, 0.1) is 0 Å². The van der Waals surface area contributed by atoms with Gasteiger partial charge in [-0.15, -0.1) is 99.3 Å². The molecule has 0 saturated carbocycles. The standard InChI is InChI=1S/Ca.8ClH.2H/h;8*1H;;. The van der Waals surface area contributed by atoms with Gasteiger partial charge in [0.2, 0.25) is 0 Å². The Morgan fingerprint density at radius 3 is 0.222 bits per heavy atom. The first-order valence-corrected chi connectivity index (χ1v) is 0. The van der Waals surface area contributed by atoms with Crippen LogP contribution in [0.1, 0.15) is 0 Å². The van der Waals surface area contributed by atoms with Gasteiger partial charge in [-0.3, -0.25) is 0 Å². The maximum atomic E-state index is 0. The van der Waals surface area contributed by atoms with Crippen LogP contribution in [0.4, 0.5) is 0 Å². The molecule has 0 aromatic rings. The molecule has 0 unspecified atom stereocenters. The second-order valence-electron chi connectivity index (χ2n) is 0. The van der Waals surface area contributed by atoms with Crippen molar-refractivity contribution in [2.75, 3.05) is 0 Å². The molecule has 68 valence electrons. The molecule has 0 bridgehead atoms. The van der Waals surface area contributed by atoms with E-state index < -0.39 is 0 Å². The Hall–Kier alpha value is 3.58. The molecule has 0 amide bonds. The molecule has 0 aliphatic heterocycles. The van der Waals surface area contributed by atoms with Gasteiger partial charge in [-0.2, -0.15) is 0 Å². The molecular weight excluding hydrogens is 324 g/mol. The van der Waals surface area contributed by atoms with Crippen LogP contribution in [0.2, 0.25) is 0 Å². The van der Waals surface area contributed by atoms with Gasteiger partial charge in [-0.05, 0) is 0 Å². The van der Waals surface area contributed by atoms with E-state index >= 15 is 0 Å². The SMILES string of the molecule is Cl.Cl.Cl.Cl.Cl.Cl.Cl.Cl.[CaH2]. The Morgan fingerprint density at radius 2 is 0.222 bits per heavy atom. The Kier molecular flexibility index (Phi) is 1480. The predicted octanol–water partition coefficient (Wildman–Crippen LogP) is 2.46. The van der Waals surface area contributed by atoms with E-state index in [9.17, 15) is 0 Å². The first kappa shape index (κ1) is 132. The van der Waals surface area contributed by atoms with Crippen molar-refractivity contribution in [2.24, 2.45) is 0 Å². The first-order chi connectivity index (χ1) is 0. The van der Waals surface area contributed by atoms with Crippen LogP contribution in [0.5, 0.6) is 0 Å². The van der Waals surface area contributed by atoms with Crippen molar-refractivity contribution >= 4 is 137 Å². The molecule has 0 aliphatic rings. The topological polar surface area (TPSA) is 0 Å². The van der Waals surface area contributed by atoms with E-state index in [1.165, 1.54) is 0 Å². The second-order valence-corrected chi connectivity index (χ2v) is 0. The summed E-state index contributed by atoms with van der Waals surface area (Å²) in [6.45, 7) is 0. The van der Waals surface area contributed by atoms with Crippen LogP contribution in [-0.2, 0) is 0 Å². The van der Waals surface area contributed by atoms with Crippen molar-refractivity contribution in [3.8, 4) is 0 Å². The molecule has 0 rings (SSSR count). The number of rotatable bonds is 0. The van der Waals surface area contributed by atoms with Crippen molar-refractivity contribution in [1.29, 1.82) is 0 Å². The molecule has 0 spiro atoms. The van der Waals surface area contributed by atoms with E-state index in [0.29, 0.717) is 0 Å². The van der Waals surface area contributed by atoms with E-state index in [1.807, 2.05) is 0 Å². The van der Waals surface area contributed by atoms with E-state index in [1.54, 1.807) is 0 Å². The van der Waals surface area contributed by atoms with E-state index in [2.05, 4.69) is 0 Å². The predicted molar refractivity (Wildman–Crippen MR) is 66.5 cm³/mol. The molecule has 9 heteroatoms. The first-order valence-electron chi connectivity index (χ1n) is 0. The van der Waals surface area contributed by atoms with Gasteiger partial charge in [0, 0.05) is 0 Å². The summed E-state index contributed by atoms with van der Waals surface area (Å²) in [5, 5.41) is 0. The van der Waals surface area contributed by atoms with Crippen molar-refractivity contribution in [3.05, 3.63) is 0 Å². The average molecular weight is 334 g/mol. The summed E-state index contributed by atoms with van der Waals surface area (Å²) in [6.07, 6.45) is 0. The fourth-order valence-corrected chi connectivity index (χ4v) is 0. The summed E-state index contributed by atoms with van der Waals surface area (Å²) in [6, 6.07) is 0.